The molecule has 0 aliphatic heterocycles. The smallest absolute Gasteiger partial charge is 0.119 e. The van der Waals surface area contributed by atoms with Crippen LogP contribution in [0.3, 0.4) is 0 Å². The summed E-state index contributed by atoms with van der Waals surface area (Å²) < 4.78 is 5.59. The van der Waals surface area contributed by atoms with Crippen LogP contribution in [0.2, 0.25) is 0 Å². The molecule has 0 amide bonds. The van der Waals surface area contributed by atoms with Gasteiger partial charge in [0.1, 0.15) is 18.5 Å². The summed E-state index contributed by atoms with van der Waals surface area (Å²) >= 11 is 0. The second-order valence-corrected chi connectivity index (χ2v) is 7.91. The molecule has 3 rings (SSSR count). The third-order valence-electron chi connectivity index (χ3n) is 5.87. The van der Waals surface area contributed by atoms with Crippen LogP contribution in [0.5, 0.6) is 5.75 Å². The number of hydrogen-bond acceptors (Lipinski definition) is 4. The Bertz CT molecular complexity index is 628. The number of fused-ring (bicyclic) bond motifs is 1. The number of nitrogens with two attached hydrogens (primary N) is 1. The number of rotatable bonds is 10. The molecule has 2 aliphatic carbocycles. The summed E-state index contributed by atoms with van der Waals surface area (Å²) in [7, 11) is 0. The van der Waals surface area contributed by atoms with Gasteiger partial charge < -0.3 is 20.7 Å². The van der Waals surface area contributed by atoms with E-state index in [2.05, 4.69) is 6.08 Å². The lowest BCUT2D eigenvalue weighted by Crippen LogP contribution is -2.19. The molecule has 4 nitrogen and oxygen atoms in total. The third-order valence-corrected chi connectivity index (χ3v) is 5.87. The van der Waals surface area contributed by atoms with Crippen molar-refractivity contribution in [3.63, 3.8) is 0 Å². The fourth-order valence-electron chi connectivity index (χ4n) is 4.47. The zero-order valence-electron chi connectivity index (χ0n) is 16.0. The topological polar surface area (TPSA) is 75.7 Å². The second kappa shape index (κ2) is 10.1. The first kappa shape index (κ1) is 20.1. The lowest BCUT2D eigenvalue weighted by Gasteiger charge is -2.19. The van der Waals surface area contributed by atoms with Gasteiger partial charge in [-0.3, -0.25) is 0 Å². The van der Waals surface area contributed by atoms with E-state index >= 15 is 0 Å². The number of allylic oxidation sites excluding steroid dienone is 2. The lowest BCUT2D eigenvalue weighted by molar-refractivity contribution is 0.133. The fourth-order valence-corrected chi connectivity index (χ4v) is 4.47. The van der Waals surface area contributed by atoms with Crippen molar-refractivity contribution in [3.05, 3.63) is 54.1 Å². The lowest BCUT2D eigenvalue weighted by atomic mass is 9.88. The largest absolute Gasteiger partial charge is 0.491 e. The van der Waals surface area contributed by atoms with E-state index in [1.807, 2.05) is 36.4 Å². The van der Waals surface area contributed by atoms with Gasteiger partial charge >= 0.3 is 0 Å². The van der Waals surface area contributed by atoms with E-state index in [1.54, 1.807) is 11.6 Å². The molecule has 0 unspecified atom stereocenters. The number of unbranched alkanes of at least 4 members (excludes halogenated alkanes) is 2. The maximum atomic E-state index is 10.4. The van der Waals surface area contributed by atoms with Crippen LogP contribution in [0.25, 0.3) is 0 Å². The van der Waals surface area contributed by atoms with Crippen LogP contribution in [-0.4, -0.2) is 35.6 Å². The van der Waals surface area contributed by atoms with Gasteiger partial charge in [-0.2, -0.15) is 0 Å². The molecule has 1 aromatic rings. The van der Waals surface area contributed by atoms with Crippen LogP contribution in [0.1, 0.15) is 38.5 Å². The summed E-state index contributed by atoms with van der Waals surface area (Å²) in [4.78, 5) is 0. The molecule has 4 heteroatoms. The van der Waals surface area contributed by atoms with Gasteiger partial charge in [0.05, 0.1) is 6.10 Å². The van der Waals surface area contributed by atoms with Crippen molar-refractivity contribution in [2.24, 2.45) is 23.5 Å². The highest BCUT2D eigenvalue weighted by atomic mass is 16.5. The normalized spacial score (nSPS) is 28.3. The highest BCUT2D eigenvalue weighted by Gasteiger charge is 2.43. The number of benzene rings is 1. The van der Waals surface area contributed by atoms with Crippen LogP contribution in [0.4, 0.5) is 0 Å². The molecule has 1 saturated carbocycles. The minimum absolute atomic E-state index is 0.124. The zero-order valence-corrected chi connectivity index (χ0v) is 16.0. The molecular weight excluding hydrogens is 338 g/mol. The minimum Gasteiger partial charge on any atom is -0.491 e. The Morgan fingerprint density at radius 1 is 1.19 bits per heavy atom. The maximum Gasteiger partial charge on any atom is 0.119 e. The summed E-state index contributed by atoms with van der Waals surface area (Å²) in [5.41, 5.74) is 7.11. The number of para-hydroxylation sites is 1. The van der Waals surface area contributed by atoms with Crippen LogP contribution in [0.15, 0.2) is 54.1 Å². The molecular formula is C23H33NO3. The van der Waals surface area contributed by atoms with Crippen molar-refractivity contribution < 1.29 is 14.9 Å². The molecule has 0 radical (unpaired) electrons. The molecule has 0 heterocycles. The van der Waals surface area contributed by atoms with Crippen LogP contribution in [-0.2, 0) is 0 Å². The van der Waals surface area contributed by atoms with E-state index in [0.29, 0.717) is 11.8 Å². The van der Waals surface area contributed by atoms with Crippen LogP contribution in [0, 0.1) is 17.8 Å². The molecule has 1 aromatic carbocycles. The van der Waals surface area contributed by atoms with Crippen molar-refractivity contribution in [2.75, 3.05) is 13.2 Å². The minimum atomic E-state index is -0.665. The summed E-state index contributed by atoms with van der Waals surface area (Å²) in [6.07, 6.45) is 11.8. The van der Waals surface area contributed by atoms with Crippen LogP contribution < -0.4 is 10.5 Å². The van der Waals surface area contributed by atoms with Crippen molar-refractivity contribution >= 4 is 0 Å². The van der Waals surface area contributed by atoms with Crippen LogP contribution >= 0.6 is 0 Å². The van der Waals surface area contributed by atoms with Gasteiger partial charge in [0.2, 0.25) is 0 Å². The average molecular weight is 372 g/mol. The van der Waals surface area contributed by atoms with Gasteiger partial charge in [-0.05, 0) is 62.6 Å². The van der Waals surface area contributed by atoms with E-state index in [9.17, 15) is 10.2 Å². The number of aliphatic hydroxyl groups excluding tert-OH is 2. The summed E-state index contributed by atoms with van der Waals surface area (Å²) in [5.74, 6) is 1.84. The molecule has 0 aromatic heterocycles. The Morgan fingerprint density at radius 2 is 2.00 bits per heavy atom. The predicted octanol–water partition coefficient (Wildman–Crippen LogP) is 3.44. The number of aliphatic hydroxyl groups is 2. The molecule has 4 N–H and O–H groups in total. The number of hydrogen-bond donors (Lipinski definition) is 3. The maximum absolute atomic E-state index is 10.4. The quantitative estimate of drug-likeness (QED) is 0.435. The van der Waals surface area contributed by atoms with Gasteiger partial charge in [-0.1, -0.05) is 48.4 Å². The highest BCUT2D eigenvalue weighted by Crippen LogP contribution is 2.48. The van der Waals surface area contributed by atoms with Gasteiger partial charge in [-0.15, -0.1) is 0 Å². The van der Waals surface area contributed by atoms with E-state index in [0.717, 1.165) is 38.0 Å². The molecule has 5 atom stereocenters. The van der Waals surface area contributed by atoms with Crippen molar-refractivity contribution in [1.82, 2.24) is 0 Å². The summed E-state index contributed by atoms with van der Waals surface area (Å²) in [6.45, 7) is 1.00. The Morgan fingerprint density at radius 3 is 2.78 bits per heavy atom. The molecule has 0 saturated heterocycles. The van der Waals surface area contributed by atoms with Crippen molar-refractivity contribution in [1.29, 1.82) is 0 Å². The van der Waals surface area contributed by atoms with E-state index < -0.39 is 6.10 Å². The first-order valence-electron chi connectivity index (χ1n) is 10.3. The van der Waals surface area contributed by atoms with E-state index in [-0.39, 0.29) is 18.6 Å². The average Bonchev–Trinajstić information content (AvgIpc) is 3.19. The molecule has 0 spiro atoms. The fraction of sp³-hybridized carbons (Fsp3) is 0.565. The Balaban J connectivity index is 1.46. The van der Waals surface area contributed by atoms with Crippen molar-refractivity contribution in [3.8, 4) is 5.75 Å². The Kier molecular flexibility index (Phi) is 7.50. The van der Waals surface area contributed by atoms with Crippen molar-refractivity contribution in [2.45, 2.75) is 50.7 Å². The Hall–Kier alpha value is -1.62. The monoisotopic (exact) mass is 371 g/mol. The molecule has 27 heavy (non-hydrogen) atoms. The SMILES string of the molecule is NCCCCCC1=C[C@H]2C[C@@H](O)[C@H](/C=C/[C@@H](O)COc3ccccc3)[C@H]2C1. The molecule has 2 aliphatic rings. The van der Waals surface area contributed by atoms with Gasteiger partial charge in [-0.25, -0.2) is 0 Å². The summed E-state index contributed by atoms with van der Waals surface area (Å²) in [6, 6.07) is 9.51. The second-order valence-electron chi connectivity index (χ2n) is 7.91. The molecule has 1 fully saturated rings. The highest BCUT2D eigenvalue weighted by molar-refractivity contribution is 5.22. The predicted molar refractivity (Wildman–Crippen MR) is 108 cm³/mol. The molecule has 148 valence electrons. The van der Waals surface area contributed by atoms with Gasteiger partial charge in [0.25, 0.3) is 0 Å². The standard InChI is InChI=1S/C23H33NO3/c24-12-6-2-3-7-17-13-18-15-23(26)21(22(18)14-17)11-10-19(25)16-27-20-8-4-1-5-9-20/h1,4-5,8-11,13,18-19,21-23,25-26H,2-3,6-7,12,14-16,24H2/b11-10+/t18-,19+,21+,22-,23+/m0/s1. The van der Waals surface area contributed by atoms with E-state index in [1.165, 1.54) is 12.8 Å². The Labute approximate surface area is 162 Å². The third kappa shape index (κ3) is 5.68. The zero-order chi connectivity index (χ0) is 19.1. The van der Waals surface area contributed by atoms with Gasteiger partial charge in [0, 0.05) is 5.92 Å². The molecule has 0 bridgehead atoms. The number of ether oxygens (including phenoxy) is 1. The first-order chi connectivity index (χ1) is 13.2. The first-order valence-corrected chi connectivity index (χ1v) is 10.3. The van der Waals surface area contributed by atoms with Gasteiger partial charge in [0.15, 0.2) is 0 Å². The summed E-state index contributed by atoms with van der Waals surface area (Å²) in [5, 5.41) is 20.6. The van der Waals surface area contributed by atoms with E-state index in [4.69, 9.17) is 10.5 Å².